The summed E-state index contributed by atoms with van der Waals surface area (Å²) >= 11 is 1.38. The largest absolute Gasteiger partial charge is 0.469 e. The molecule has 1 amide bonds. The van der Waals surface area contributed by atoms with Gasteiger partial charge in [0.05, 0.1) is 35.0 Å². The van der Waals surface area contributed by atoms with Crippen LogP contribution in [0.3, 0.4) is 0 Å². The zero-order valence-electron chi connectivity index (χ0n) is 16.0. The number of fused-ring (bicyclic) bond motifs is 1. The number of hydrogen-bond donors (Lipinski definition) is 0. The Morgan fingerprint density at radius 2 is 2.04 bits per heavy atom. The van der Waals surface area contributed by atoms with Gasteiger partial charge in [-0.05, 0) is 39.8 Å². The highest BCUT2D eigenvalue weighted by molar-refractivity contribution is 7.22. The van der Waals surface area contributed by atoms with E-state index in [1.807, 2.05) is 45.0 Å². The van der Waals surface area contributed by atoms with Crippen molar-refractivity contribution in [3.8, 4) is 0 Å². The molecule has 0 saturated heterocycles. The van der Waals surface area contributed by atoms with E-state index in [9.17, 15) is 9.59 Å². The second kappa shape index (κ2) is 7.19. The minimum Gasteiger partial charge on any atom is -0.469 e. The van der Waals surface area contributed by atoms with Gasteiger partial charge in [0.2, 0.25) is 5.13 Å². The van der Waals surface area contributed by atoms with Gasteiger partial charge in [0, 0.05) is 5.71 Å². The van der Waals surface area contributed by atoms with Crippen LogP contribution in [0.1, 0.15) is 34.1 Å². The van der Waals surface area contributed by atoms with Crippen molar-refractivity contribution >= 4 is 50.0 Å². The molecule has 1 aromatic heterocycles. The number of rotatable bonds is 4. The molecule has 0 spiro atoms. The summed E-state index contributed by atoms with van der Waals surface area (Å²) < 4.78 is 5.73. The molecule has 2 heterocycles. The summed E-state index contributed by atoms with van der Waals surface area (Å²) in [6.45, 7) is 7.66. The van der Waals surface area contributed by atoms with Gasteiger partial charge in [-0.2, -0.15) is 10.1 Å². The van der Waals surface area contributed by atoms with Gasteiger partial charge in [0.1, 0.15) is 5.92 Å². The number of aromatic nitrogens is 1. The number of amides is 1. The van der Waals surface area contributed by atoms with E-state index in [0.29, 0.717) is 16.6 Å². The van der Waals surface area contributed by atoms with E-state index in [4.69, 9.17) is 4.74 Å². The molecular formula is C19H22N4O3S. The molecule has 1 aromatic carbocycles. The molecule has 7 nitrogen and oxygen atoms in total. The summed E-state index contributed by atoms with van der Waals surface area (Å²) in [7, 11) is 1.32. The number of hydrogen-bond acceptors (Lipinski definition) is 7. The molecule has 1 unspecified atom stereocenters. The van der Waals surface area contributed by atoms with E-state index in [1.165, 1.54) is 23.5 Å². The van der Waals surface area contributed by atoms with Crippen molar-refractivity contribution in [1.29, 1.82) is 0 Å². The van der Waals surface area contributed by atoms with Gasteiger partial charge in [-0.1, -0.05) is 23.5 Å². The third kappa shape index (κ3) is 4.05. The number of benzene rings is 1. The second-order valence-electron chi connectivity index (χ2n) is 7.32. The van der Waals surface area contributed by atoms with E-state index in [-0.39, 0.29) is 17.9 Å². The minimum atomic E-state index is -0.685. The maximum Gasteiger partial charge on any atom is 0.311 e. The smallest absolute Gasteiger partial charge is 0.311 e. The van der Waals surface area contributed by atoms with Gasteiger partial charge in [-0.3, -0.25) is 14.6 Å². The Balaban J connectivity index is 2.01. The number of anilines is 1. The fourth-order valence-corrected chi connectivity index (χ4v) is 3.88. The summed E-state index contributed by atoms with van der Waals surface area (Å²) in [6, 6.07) is 7.65. The minimum absolute atomic E-state index is 0.0642. The fraction of sp³-hybridized carbons (Fsp3) is 0.421. The highest BCUT2D eigenvalue weighted by Crippen LogP contribution is 2.33. The first-order chi connectivity index (χ1) is 12.7. The molecule has 0 N–H and O–H groups in total. The van der Waals surface area contributed by atoms with Crippen molar-refractivity contribution in [2.45, 2.75) is 39.7 Å². The average molecular weight is 386 g/mol. The Hall–Kier alpha value is -2.61. The predicted molar refractivity (Wildman–Crippen MR) is 108 cm³/mol. The number of esters is 1. The Bertz CT molecular complexity index is 922. The lowest BCUT2D eigenvalue weighted by molar-refractivity contribution is -0.139. The Kier molecular flexibility index (Phi) is 5.10. The molecule has 1 atom stereocenters. The summed E-state index contributed by atoms with van der Waals surface area (Å²) in [5.74, 6) is -1.38. The zero-order valence-corrected chi connectivity index (χ0v) is 16.8. The van der Waals surface area contributed by atoms with E-state index in [0.717, 1.165) is 10.2 Å². The number of para-hydroxylation sites is 1. The average Bonchev–Trinajstić information content (AvgIpc) is 3.13. The van der Waals surface area contributed by atoms with Crippen LogP contribution in [0.15, 0.2) is 34.4 Å². The van der Waals surface area contributed by atoms with Crippen LogP contribution < -0.4 is 5.01 Å². The first kappa shape index (κ1) is 19.2. The van der Waals surface area contributed by atoms with Gasteiger partial charge in [0.25, 0.3) is 5.91 Å². The zero-order chi connectivity index (χ0) is 19.8. The monoisotopic (exact) mass is 386 g/mol. The van der Waals surface area contributed by atoms with Crippen molar-refractivity contribution in [2.75, 3.05) is 12.1 Å². The molecular weight excluding hydrogens is 364 g/mol. The molecule has 1 aliphatic rings. The van der Waals surface area contributed by atoms with Gasteiger partial charge in [-0.25, -0.2) is 4.98 Å². The molecule has 2 aromatic rings. The second-order valence-corrected chi connectivity index (χ2v) is 8.32. The standard InChI is InChI=1S/C19H22N4O3S/c1-11(21-19(2,3)4)16-13(10-15(24)26-5)22-23(17(16)25)18-20-12-8-6-7-9-14(12)27-18/h6-9,16H,10H2,1-5H3. The van der Waals surface area contributed by atoms with Gasteiger partial charge in [0.15, 0.2) is 0 Å². The van der Waals surface area contributed by atoms with Crippen molar-refractivity contribution < 1.29 is 14.3 Å². The Labute approximate surface area is 161 Å². The lowest BCUT2D eigenvalue weighted by Gasteiger charge is -2.18. The number of hydrazone groups is 1. The molecule has 0 aliphatic carbocycles. The first-order valence-electron chi connectivity index (χ1n) is 8.59. The highest BCUT2D eigenvalue weighted by Gasteiger charge is 2.41. The van der Waals surface area contributed by atoms with Crippen LogP contribution in [0.25, 0.3) is 10.2 Å². The number of carbonyl (C=O) groups excluding carboxylic acids is 2. The van der Waals surface area contributed by atoms with Crippen molar-refractivity contribution in [2.24, 2.45) is 16.0 Å². The molecule has 3 rings (SSSR count). The Morgan fingerprint density at radius 1 is 1.33 bits per heavy atom. The van der Waals surface area contributed by atoms with E-state index < -0.39 is 11.9 Å². The third-order valence-corrected chi connectivity index (χ3v) is 4.98. The number of carbonyl (C=O) groups is 2. The van der Waals surface area contributed by atoms with E-state index in [2.05, 4.69) is 15.1 Å². The van der Waals surface area contributed by atoms with Crippen molar-refractivity contribution in [3.63, 3.8) is 0 Å². The third-order valence-electron chi connectivity index (χ3n) is 3.96. The van der Waals surface area contributed by atoms with Crippen LogP contribution >= 0.6 is 11.3 Å². The fourth-order valence-electron chi connectivity index (χ4n) is 2.96. The van der Waals surface area contributed by atoms with Crippen LogP contribution in [0.2, 0.25) is 0 Å². The maximum atomic E-state index is 13.1. The molecule has 142 valence electrons. The maximum absolute atomic E-state index is 13.1. The van der Waals surface area contributed by atoms with Crippen molar-refractivity contribution in [1.82, 2.24) is 4.98 Å². The van der Waals surface area contributed by atoms with Crippen LogP contribution in [-0.4, -0.2) is 40.9 Å². The summed E-state index contributed by atoms with van der Waals surface area (Å²) in [5, 5.41) is 6.19. The number of ether oxygens (including phenoxy) is 1. The number of nitrogens with zero attached hydrogens (tertiary/aromatic N) is 4. The van der Waals surface area contributed by atoms with E-state index >= 15 is 0 Å². The summed E-state index contributed by atoms with van der Waals surface area (Å²) in [4.78, 5) is 34.1. The SMILES string of the molecule is COC(=O)CC1=NN(c2nc3ccccc3s2)C(=O)C1C(C)=NC(C)(C)C. The number of methoxy groups -OCH3 is 1. The van der Waals surface area contributed by atoms with Gasteiger partial charge in [-0.15, -0.1) is 0 Å². The van der Waals surface area contributed by atoms with Crippen LogP contribution in [0.5, 0.6) is 0 Å². The Morgan fingerprint density at radius 3 is 2.67 bits per heavy atom. The summed E-state index contributed by atoms with van der Waals surface area (Å²) in [5.41, 5.74) is 1.51. The summed E-state index contributed by atoms with van der Waals surface area (Å²) in [6.07, 6.45) is -0.0642. The first-order valence-corrected chi connectivity index (χ1v) is 9.41. The normalized spacial score (nSPS) is 18.2. The molecule has 8 heteroatoms. The molecule has 27 heavy (non-hydrogen) atoms. The van der Waals surface area contributed by atoms with Crippen LogP contribution in [-0.2, 0) is 14.3 Å². The number of aliphatic imine (C=N–C) groups is 1. The predicted octanol–water partition coefficient (Wildman–Crippen LogP) is 3.44. The van der Waals surface area contributed by atoms with Crippen molar-refractivity contribution in [3.05, 3.63) is 24.3 Å². The molecule has 0 bridgehead atoms. The van der Waals surface area contributed by atoms with Gasteiger partial charge >= 0.3 is 5.97 Å². The van der Waals surface area contributed by atoms with Gasteiger partial charge < -0.3 is 4.74 Å². The molecule has 1 aliphatic heterocycles. The topological polar surface area (TPSA) is 84.2 Å². The lowest BCUT2D eigenvalue weighted by atomic mass is 9.95. The molecule has 0 fully saturated rings. The lowest BCUT2D eigenvalue weighted by Crippen LogP contribution is -2.34. The molecule has 0 radical (unpaired) electrons. The van der Waals surface area contributed by atoms with Crippen LogP contribution in [0.4, 0.5) is 5.13 Å². The molecule has 0 saturated carbocycles. The quantitative estimate of drug-likeness (QED) is 0.595. The highest BCUT2D eigenvalue weighted by atomic mass is 32.1. The van der Waals surface area contributed by atoms with Crippen LogP contribution in [0, 0.1) is 5.92 Å². The number of thiazole rings is 1. The van der Waals surface area contributed by atoms with E-state index in [1.54, 1.807) is 6.92 Å².